The number of carboxylic acid groups (broad SMARTS) is 1. The third kappa shape index (κ3) is 5.90. The minimum Gasteiger partial charge on any atom is -0.480 e. The van der Waals surface area contributed by atoms with Gasteiger partial charge < -0.3 is 24.9 Å². The Kier molecular flexibility index (Phi) is 6.91. The quantitative estimate of drug-likeness (QED) is 0.599. The maximum Gasteiger partial charge on any atom is 0.408 e. The van der Waals surface area contributed by atoms with Crippen LogP contribution in [-0.4, -0.2) is 40.3 Å². The summed E-state index contributed by atoms with van der Waals surface area (Å²) in [5.74, 6) is -0.921. The van der Waals surface area contributed by atoms with E-state index in [0.29, 0.717) is 12.8 Å². The lowest BCUT2D eigenvalue weighted by molar-refractivity contribution is -0.142. The van der Waals surface area contributed by atoms with Gasteiger partial charge >= 0.3 is 12.1 Å². The van der Waals surface area contributed by atoms with Gasteiger partial charge in [0.1, 0.15) is 22.9 Å². The van der Waals surface area contributed by atoms with E-state index in [-0.39, 0.29) is 6.42 Å². The molecule has 0 saturated heterocycles. The first-order valence-electron chi connectivity index (χ1n) is 10.8. The van der Waals surface area contributed by atoms with Gasteiger partial charge in [-0.1, -0.05) is 37.1 Å². The molecule has 1 aliphatic rings. The Bertz CT molecular complexity index is 938. The van der Waals surface area contributed by atoms with Crippen LogP contribution in [0.3, 0.4) is 0 Å². The first kappa shape index (κ1) is 23.4. The average Bonchev–Trinajstić information content (AvgIpc) is 3.39. The molecule has 1 atom stereocenters. The summed E-state index contributed by atoms with van der Waals surface area (Å²) in [4.78, 5) is 37.3. The molecular weight excluding hydrogens is 412 g/mol. The number of nitrogens with one attached hydrogen (secondary N) is 2. The van der Waals surface area contributed by atoms with E-state index in [1.54, 1.807) is 33.1 Å². The maximum atomic E-state index is 13.1. The van der Waals surface area contributed by atoms with Gasteiger partial charge in [-0.25, -0.2) is 9.59 Å². The maximum absolute atomic E-state index is 13.1. The number of rotatable bonds is 7. The Balaban J connectivity index is 1.69. The van der Waals surface area contributed by atoms with Gasteiger partial charge in [-0.3, -0.25) is 4.79 Å². The summed E-state index contributed by atoms with van der Waals surface area (Å²) >= 11 is 0. The molecule has 2 amide bonds. The number of alkyl carbamates (subject to hydrolysis) is 1. The number of benzene rings is 1. The van der Waals surface area contributed by atoms with E-state index in [0.717, 1.165) is 29.7 Å². The molecule has 2 aromatic rings. The topological polar surface area (TPSA) is 118 Å². The Labute approximate surface area is 187 Å². The Morgan fingerprint density at radius 3 is 2.31 bits per heavy atom. The number of hydrogen-bond acceptors (Lipinski definition) is 5. The first-order chi connectivity index (χ1) is 15.1. The second kappa shape index (κ2) is 9.46. The lowest BCUT2D eigenvalue weighted by Gasteiger charge is -2.31. The van der Waals surface area contributed by atoms with Crippen LogP contribution in [0.1, 0.15) is 52.0 Å². The van der Waals surface area contributed by atoms with E-state index in [9.17, 15) is 19.5 Å². The van der Waals surface area contributed by atoms with Crippen molar-refractivity contribution in [1.82, 2.24) is 10.6 Å². The number of amides is 2. The monoisotopic (exact) mass is 442 g/mol. The lowest BCUT2D eigenvalue weighted by Crippen LogP contribution is -2.60. The van der Waals surface area contributed by atoms with Crippen LogP contribution in [0.15, 0.2) is 47.1 Å². The normalized spacial score (nSPS) is 16.2. The van der Waals surface area contributed by atoms with E-state index in [1.807, 2.05) is 30.3 Å². The third-order valence-electron chi connectivity index (χ3n) is 5.43. The second-order valence-electron chi connectivity index (χ2n) is 9.16. The van der Waals surface area contributed by atoms with Gasteiger partial charge in [-0.05, 0) is 51.3 Å². The SMILES string of the molecule is CC(C)(C)OC(=O)NC1(C(=O)NC(Cc2ccc(-c3ccco3)cc2)C(=O)O)CCCC1. The molecule has 0 radical (unpaired) electrons. The van der Waals surface area contributed by atoms with Crippen LogP contribution in [0, 0.1) is 0 Å². The highest BCUT2D eigenvalue weighted by atomic mass is 16.6. The molecular formula is C24H30N2O6. The van der Waals surface area contributed by atoms with Crippen molar-refractivity contribution >= 4 is 18.0 Å². The molecule has 3 rings (SSSR count). The summed E-state index contributed by atoms with van der Waals surface area (Å²) < 4.78 is 10.7. The molecule has 0 spiro atoms. The minimum absolute atomic E-state index is 0.113. The number of furan rings is 1. The Morgan fingerprint density at radius 1 is 1.12 bits per heavy atom. The van der Waals surface area contributed by atoms with E-state index < -0.39 is 35.2 Å². The van der Waals surface area contributed by atoms with Gasteiger partial charge in [0, 0.05) is 12.0 Å². The first-order valence-corrected chi connectivity index (χ1v) is 10.8. The number of carbonyl (C=O) groups excluding carboxylic acids is 2. The second-order valence-corrected chi connectivity index (χ2v) is 9.16. The van der Waals surface area contributed by atoms with Gasteiger partial charge in [-0.2, -0.15) is 0 Å². The van der Waals surface area contributed by atoms with Crippen LogP contribution in [0.2, 0.25) is 0 Å². The molecule has 8 heteroatoms. The van der Waals surface area contributed by atoms with Gasteiger partial charge in [0.05, 0.1) is 6.26 Å². The van der Waals surface area contributed by atoms with E-state index in [4.69, 9.17) is 9.15 Å². The van der Waals surface area contributed by atoms with Crippen LogP contribution in [0.4, 0.5) is 4.79 Å². The standard InChI is InChI=1S/C24H30N2O6/c1-23(2,3)32-22(30)26-24(12-4-5-13-24)21(29)25-18(20(27)28)15-16-8-10-17(11-9-16)19-7-6-14-31-19/h6-11,14,18H,4-5,12-13,15H2,1-3H3,(H,25,29)(H,26,30)(H,27,28). The number of carbonyl (C=O) groups is 3. The fourth-order valence-electron chi connectivity index (χ4n) is 3.87. The molecule has 1 heterocycles. The summed E-state index contributed by atoms with van der Waals surface area (Å²) in [7, 11) is 0. The van der Waals surface area contributed by atoms with Crippen LogP contribution >= 0.6 is 0 Å². The molecule has 1 unspecified atom stereocenters. The fraction of sp³-hybridized carbons (Fsp3) is 0.458. The largest absolute Gasteiger partial charge is 0.480 e. The zero-order chi connectivity index (χ0) is 23.4. The highest BCUT2D eigenvalue weighted by Gasteiger charge is 2.44. The Hall–Kier alpha value is -3.29. The molecule has 1 aromatic carbocycles. The molecule has 32 heavy (non-hydrogen) atoms. The van der Waals surface area contributed by atoms with Crippen LogP contribution in [0.25, 0.3) is 11.3 Å². The van der Waals surface area contributed by atoms with Crippen LogP contribution in [-0.2, 0) is 20.7 Å². The van der Waals surface area contributed by atoms with Crippen LogP contribution in [0.5, 0.6) is 0 Å². The van der Waals surface area contributed by atoms with E-state index in [1.165, 1.54) is 0 Å². The van der Waals surface area contributed by atoms with Gasteiger partial charge in [0.15, 0.2) is 0 Å². The molecule has 1 fully saturated rings. The summed E-state index contributed by atoms with van der Waals surface area (Å²) in [6.07, 6.45) is 3.40. The number of ether oxygens (including phenoxy) is 1. The fourth-order valence-corrected chi connectivity index (χ4v) is 3.87. The molecule has 3 N–H and O–H groups in total. The van der Waals surface area contributed by atoms with Crippen LogP contribution < -0.4 is 10.6 Å². The highest BCUT2D eigenvalue weighted by Crippen LogP contribution is 2.31. The number of carboxylic acids is 1. The van der Waals surface area contributed by atoms with Crippen molar-refractivity contribution < 1.29 is 28.6 Å². The lowest BCUT2D eigenvalue weighted by atomic mass is 9.95. The molecule has 0 aliphatic heterocycles. The average molecular weight is 443 g/mol. The van der Waals surface area contributed by atoms with Crippen molar-refractivity contribution in [2.45, 2.75) is 70.1 Å². The molecule has 8 nitrogen and oxygen atoms in total. The summed E-state index contributed by atoms with van der Waals surface area (Å²) in [6, 6.07) is 9.82. The minimum atomic E-state index is -1.17. The Morgan fingerprint density at radius 2 is 1.78 bits per heavy atom. The third-order valence-corrected chi connectivity index (χ3v) is 5.43. The van der Waals surface area contributed by atoms with E-state index in [2.05, 4.69) is 10.6 Å². The van der Waals surface area contributed by atoms with Crippen molar-refractivity contribution in [3.8, 4) is 11.3 Å². The molecule has 1 aliphatic carbocycles. The zero-order valence-corrected chi connectivity index (χ0v) is 18.6. The van der Waals surface area contributed by atoms with Crippen molar-refractivity contribution in [2.24, 2.45) is 0 Å². The van der Waals surface area contributed by atoms with Gasteiger partial charge in [0.25, 0.3) is 0 Å². The summed E-state index contributed by atoms with van der Waals surface area (Å²) in [5, 5.41) is 15.0. The number of aliphatic carboxylic acids is 1. The predicted octanol–water partition coefficient (Wildman–Crippen LogP) is 3.90. The van der Waals surface area contributed by atoms with Crippen molar-refractivity contribution in [3.63, 3.8) is 0 Å². The molecule has 0 bridgehead atoms. The van der Waals surface area contributed by atoms with Gasteiger partial charge in [-0.15, -0.1) is 0 Å². The summed E-state index contributed by atoms with van der Waals surface area (Å²) in [6.45, 7) is 5.22. The number of hydrogen-bond donors (Lipinski definition) is 3. The predicted molar refractivity (Wildman–Crippen MR) is 118 cm³/mol. The highest BCUT2D eigenvalue weighted by molar-refractivity contribution is 5.93. The smallest absolute Gasteiger partial charge is 0.408 e. The summed E-state index contributed by atoms with van der Waals surface area (Å²) in [5.41, 5.74) is -0.236. The molecule has 1 saturated carbocycles. The molecule has 172 valence electrons. The zero-order valence-electron chi connectivity index (χ0n) is 18.6. The van der Waals surface area contributed by atoms with E-state index >= 15 is 0 Å². The van der Waals surface area contributed by atoms with Crippen molar-refractivity contribution in [1.29, 1.82) is 0 Å². The van der Waals surface area contributed by atoms with Gasteiger partial charge in [0.2, 0.25) is 5.91 Å². The van der Waals surface area contributed by atoms with Crippen molar-refractivity contribution in [2.75, 3.05) is 0 Å². The van der Waals surface area contributed by atoms with Crippen molar-refractivity contribution in [3.05, 3.63) is 48.2 Å². The molecule has 1 aromatic heterocycles.